The molecule has 2 aromatic rings. The van der Waals surface area contributed by atoms with Gasteiger partial charge in [0.15, 0.2) is 0 Å². The van der Waals surface area contributed by atoms with Crippen LogP contribution in [0.5, 0.6) is 5.75 Å². The molecule has 0 aromatic heterocycles. The molecule has 0 N–H and O–H groups in total. The predicted molar refractivity (Wildman–Crippen MR) is 128 cm³/mol. The van der Waals surface area contributed by atoms with Gasteiger partial charge in [0.1, 0.15) is 5.75 Å². The Balaban J connectivity index is 1.56. The number of amides is 1. The molecule has 4 nitrogen and oxygen atoms in total. The summed E-state index contributed by atoms with van der Waals surface area (Å²) in [5.41, 5.74) is 1.38. The van der Waals surface area contributed by atoms with Crippen molar-refractivity contribution in [3.05, 3.63) is 64.7 Å². The lowest BCUT2D eigenvalue weighted by atomic mass is 9.87. The van der Waals surface area contributed by atoms with Gasteiger partial charge >= 0.3 is 6.36 Å². The summed E-state index contributed by atoms with van der Waals surface area (Å²) in [7, 11) is 0. The molecule has 8 heteroatoms. The lowest BCUT2D eigenvalue weighted by Gasteiger charge is -2.35. The van der Waals surface area contributed by atoms with E-state index in [0.29, 0.717) is 24.0 Å². The van der Waals surface area contributed by atoms with Crippen molar-refractivity contribution >= 4 is 23.3 Å². The molecule has 2 aromatic carbocycles. The Morgan fingerprint density at radius 2 is 1.66 bits per heavy atom. The third-order valence-electron chi connectivity index (χ3n) is 6.14. The van der Waals surface area contributed by atoms with Crippen LogP contribution in [0, 0.1) is 23.7 Å². The molecular weight excluding hydrogens is 479 g/mol. The molecule has 1 aliphatic rings. The zero-order valence-corrected chi connectivity index (χ0v) is 20.3. The maximum Gasteiger partial charge on any atom is 0.573 e. The number of piperidine rings is 1. The largest absolute Gasteiger partial charge is 0.573 e. The van der Waals surface area contributed by atoms with Gasteiger partial charge in [0, 0.05) is 30.1 Å². The number of hydrogen-bond acceptors (Lipinski definition) is 3. The number of carbonyl (C=O) groups excluding carboxylic acids is 2. The monoisotopic (exact) mass is 505 g/mol. The van der Waals surface area contributed by atoms with E-state index in [2.05, 4.69) is 16.6 Å². The van der Waals surface area contributed by atoms with Crippen LogP contribution in [0.4, 0.5) is 13.2 Å². The van der Waals surface area contributed by atoms with E-state index < -0.39 is 17.9 Å². The third kappa shape index (κ3) is 7.76. The second kappa shape index (κ2) is 11.6. The van der Waals surface area contributed by atoms with E-state index in [1.54, 1.807) is 0 Å². The molecule has 1 unspecified atom stereocenters. The molecule has 1 heterocycles. The molecule has 1 amide bonds. The Bertz CT molecular complexity index is 1080. The summed E-state index contributed by atoms with van der Waals surface area (Å²) < 4.78 is 40.6. The Morgan fingerprint density at radius 3 is 2.20 bits per heavy atom. The first-order chi connectivity index (χ1) is 16.5. The van der Waals surface area contributed by atoms with Crippen LogP contribution in [0.15, 0.2) is 48.5 Å². The summed E-state index contributed by atoms with van der Waals surface area (Å²) in [5.74, 6) is 4.50. The Morgan fingerprint density at radius 1 is 1.06 bits per heavy atom. The molecule has 0 bridgehead atoms. The molecule has 0 radical (unpaired) electrons. The minimum absolute atomic E-state index is 0.0324. The van der Waals surface area contributed by atoms with Crippen LogP contribution in [-0.4, -0.2) is 36.0 Å². The highest BCUT2D eigenvalue weighted by molar-refractivity contribution is 6.30. The van der Waals surface area contributed by atoms with E-state index >= 15 is 0 Å². The summed E-state index contributed by atoms with van der Waals surface area (Å²) in [5, 5.41) is 0.702. The summed E-state index contributed by atoms with van der Waals surface area (Å²) in [6.45, 7) is 5.22. The summed E-state index contributed by atoms with van der Waals surface area (Å²) >= 11 is 5.98. The fraction of sp³-hybridized carbons (Fsp3) is 0.407. The molecule has 0 aliphatic carbocycles. The highest BCUT2D eigenvalue weighted by atomic mass is 35.5. The van der Waals surface area contributed by atoms with E-state index in [0.717, 1.165) is 25.0 Å². The van der Waals surface area contributed by atoms with E-state index in [9.17, 15) is 22.8 Å². The SMILES string of the molecule is CC(C)C(CC#CC(=O)c1ccc(OC(F)(F)F)cc1)C(=O)N1CCC(c2ccc(Cl)cc2)CC1. The number of halogens is 4. The molecule has 0 spiro atoms. The van der Waals surface area contributed by atoms with Gasteiger partial charge in [-0.2, -0.15) is 0 Å². The van der Waals surface area contributed by atoms with Gasteiger partial charge in [0.05, 0.1) is 5.92 Å². The average molecular weight is 506 g/mol. The van der Waals surface area contributed by atoms with Gasteiger partial charge in [-0.3, -0.25) is 9.59 Å². The zero-order chi connectivity index (χ0) is 25.6. The average Bonchev–Trinajstić information content (AvgIpc) is 2.81. The van der Waals surface area contributed by atoms with Gasteiger partial charge in [0.2, 0.25) is 11.7 Å². The van der Waals surface area contributed by atoms with Crippen molar-refractivity contribution in [2.75, 3.05) is 13.1 Å². The molecule has 0 saturated carbocycles. The fourth-order valence-corrected chi connectivity index (χ4v) is 4.26. The Hall–Kier alpha value is -2.98. The Kier molecular flexibility index (Phi) is 8.85. The first-order valence-corrected chi connectivity index (χ1v) is 11.8. The number of rotatable bonds is 6. The normalized spacial score (nSPS) is 15.3. The van der Waals surface area contributed by atoms with Gasteiger partial charge in [-0.15, -0.1) is 13.2 Å². The highest BCUT2D eigenvalue weighted by Crippen LogP contribution is 2.30. The molecular formula is C27H27ClF3NO3. The van der Waals surface area contributed by atoms with Crippen molar-refractivity contribution in [2.24, 2.45) is 11.8 Å². The van der Waals surface area contributed by atoms with Crippen LogP contribution in [0.1, 0.15) is 54.9 Å². The van der Waals surface area contributed by atoms with Crippen molar-refractivity contribution in [1.29, 1.82) is 0 Å². The smallest absolute Gasteiger partial charge is 0.406 e. The minimum atomic E-state index is -4.80. The van der Waals surface area contributed by atoms with Gasteiger partial charge < -0.3 is 9.64 Å². The number of likely N-dealkylation sites (tertiary alicyclic amines) is 1. The third-order valence-corrected chi connectivity index (χ3v) is 6.40. The molecule has 1 atom stereocenters. The predicted octanol–water partition coefficient (Wildman–Crippen LogP) is 6.49. The van der Waals surface area contributed by atoms with Crippen molar-refractivity contribution in [1.82, 2.24) is 4.90 Å². The molecule has 186 valence electrons. The summed E-state index contributed by atoms with van der Waals surface area (Å²) in [6.07, 6.45) is -2.82. The van der Waals surface area contributed by atoms with Crippen LogP contribution >= 0.6 is 11.6 Å². The van der Waals surface area contributed by atoms with Gasteiger partial charge in [-0.25, -0.2) is 0 Å². The number of ketones is 1. The first-order valence-electron chi connectivity index (χ1n) is 11.5. The van der Waals surface area contributed by atoms with Crippen LogP contribution in [0.25, 0.3) is 0 Å². The molecule has 35 heavy (non-hydrogen) atoms. The van der Waals surface area contributed by atoms with Crippen LogP contribution in [0.3, 0.4) is 0 Å². The van der Waals surface area contributed by atoms with E-state index in [1.165, 1.54) is 17.7 Å². The number of hydrogen-bond donors (Lipinski definition) is 0. The first kappa shape index (κ1) is 26.6. The number of nitrogens with zero attached hydrogens (tertiary/aromatic N) is 1. The maximum absolute atomic E-state index is 13.2. The summed E-state index contributed by atoms with van der Waals surface area (Å²) in [6, 6.07) is 12.4. The van der Waals surface area contributed by atoms with Crippen LogP contribution in [0.2, 0.25) is 5.02 Å². The molecule has 1 fully saturated rings. The number of alkyl halides is 3. The molecule has 1 aliphatic heterocycles. The van der Waals surface area contributed by atoms with E-state index in [4.69, 9.17) is 11.6 Å². The second-order valence-electron chi connectivity index (χ2n) is 8.91. The van der Waals surface area contributed by atoms with Crippen molar-refractivity contribution in [3.8, 4) is 17.6 Å². The van der Waals surface area contributed by atoms with Crippen molar-refractivity contribution < 1.29 is 27.5 Å². The second-order valence-corrected chi connectivity index (χ2v) is 9.35. The zero-order valence-electron chi connectivity index (χ0n) is 19.6. The van der Waals surface area contributed by atoms with Gasteiger partial charge in [-0.1, -0.05) is 43.5 Å². The van der Waals surface area contributed by atoms with Gasteiger partial charge in [-0.05, 0) is 72.6 Å². The summed E-state index contributed by atoms with van der Waals surface area (Å²) in [4.78, 5) is 27.4. The highest BCUT2D eigenvalue weighted by Gasteiger charge is 2.31. The van der Waals surface area contributed by atoms with E-state index in [1.807, 2.05) is 43.0 Å². The molecule has 3 rings (SSSR count). The lowest BCUT2D eigenvalue weighted by molar-refractivity contribution is -0.274. The number of benzene rings is 2. The van der Waals surface area contributed by atoms with Crippen LogP contribution < -0.4 is 4.74 Å². The Labute approximate surface area is 208 Å². The molecule has 1 saturated heterocycles. The van der Waals surface area contributed by atoms with Gasteiger partial charge in [0.25, 0.3) is 0 Å². The maximum atomic E-state index is 13.2. The minimum Gasteiger partial charge on any atom is -0.406 e. The topological polar surface area (TPSA) is 46.6 Å². The number of carbonyl (C=O) groups is 2. The number of ether oxygens (including phenoxy) is 1. The standard InChI is InChI=1S/C27H27ClF3NO3/c1-18(2)24(4-3-5-25(33)21-8-12-23(13-9-21)35-27(29,30)31)26(34)32-16-14-20(15-17-32)19-6-10-22(28)11-7-19/h6-13,18,20,24H,4,14-17H2,1-2H3. The quantitative estimate of drug-likeness (QED) is 0.256. The van der Waals surface area contributed by atoms with Crippen LogP contribution in [-0.2, 0) is 4.79 Å². The fourth-order valence-electron chi connectivity index (χ4n) is 4.13. The van der Waals surface area contributed by atoms with Crippen molar-refractivity contribution in [2.45, 2.75) is 45.4 Å². The number of Topliss-reactive ketones (excluding diaryl/α,β-unsaturated/α-hetero) is 1. The van der Waals surface area contributed by atoms with E-state index in [-0.39, 0.29) is 29.7 Å². The lowest BCUT2D eigenvalue weighted by Crippen LogP contribution is -2.42. The van der Waals surface area contributed by atoms with Crippen molar-refractivity contribution in [3.63, 3.8) is 0 Å².